The lowest BCUT2D eigenvalue weighted by molar-refractivity contribution is 0.113. The second kappa shape index (κ2) is 10.9. The molecule has 0 spiro atoms. The van der Waals surface area contributed by atoms with Gasteiger partial charge in [-0.2, -0.15) is 0 Å². The molecule has 0 saturated carbocycles. The molecular formula is C21H33IN6O. The van der Waals surface area contributed by atoms with Crippen molar-refractivity contribution in [2.45, 2.75) is 51.7 Å². The van der Waals surface area contributed by atoms with Crippen LogP contribution in [0.1, 0.15) is 43.9 Å². The first-order valence-electron chi connectivity index (χ1n) is 10.00. The summed E-state index contributed by atoms with van der Waals surface area (Å²) in [4.78, 5) is 4.74. The number of nitrogens with one attached hydrogen (secondary N) is 2. The first-order valence-corrected chi connectivity index (χ1v) is 10.00. The Balaban J connectivity index is 0.00000300. The number of aliphatic imine (C=N–C) groups is 1. The number of ether oxygens (including phenoxy) is 1. The maximum Gasteiger partial charge on any atom is 0.191 e. The molecule has 0 aliphatic carbocycles. The van der Waals surface area contributed by atoms with Crippen LogP contribution < -0.4 is 10.6 Å². The average molecular weight is 512 g/mol. The van der Waals surface area contributed by atoms with E-state index in [0.717, 1.165) is 50.1 Å². The van der Waals surface area contributed by atoms with Gasteiger partial charge in [-0.1, -0.05) is 44.2 Å². The van der Waals surface area contributed by atoms with E-state index < -0.39 is 0 Å². The van der Waals surface area contributed by atoms with Crippen molar-refractivity contribution in [2.24, 2.45) is 12.0 Å². The summed E-state index contributed by atoms with van der Waals surface area (Å²) in [7, 11) is 1.96. The molecule has 1 saturated heterocycles. The van der Waals surface area contributed by atoms with E-state index in [0.29, 0.717) is 6.54 Å². The minimum atomic E-state index is -0.0189. The summed E-state index contributed by atoms with van der Waals surface area (Å²) >= 11 is 0. The van der Waals surface area contributed by atoms with Gasteiger partial charge >= 0.3 is 0 Å². The maximum atomic E-state index is 5.73. The first kappa shape index (κ1) is 23.6. The van der Waals surface area contributed by atoms with Crippen LogP contribution in [-0.4, -0.2) is 46.5 Å². The molecule has 1 aliphatic heterocycles. The third kappa shape index (κ3) is 6.67. The Hall–Kier alpha value is -1.68. The molecule has 7 nitrogen and oxygen atoms in total. The average Bonchev–Trinajstić information content (AvgIpc) is 3.33. The smallest absolute Gasteiger partial charge is 0.191 e. The molecule has 1 unspecified atom stereocenters. The predicted octanol–water partition coefficient (Wildman–Crippen LogP) is 2.93. The van der Waals surface area contributed by atoms with Crippen LogP contribution in [0.25, 0.3) is 0 Å². The Labute approximate surface area is 190 Å². The standard InChI is InChI=1S/C21H32N6O.HI/c1-16-25-26-19(27(16)4)14-23-20(22-13-18-11-8-12-28-18)24-15-21(2,3)17-9-6-5-7-10-17;/h5-7,9-10,18H,8,11-15H2,1-4H3,(H2,22,23,24);1H. The van der Waals surface area contributed by atoms with Gasteiger partial charge in [0.2, 0.25) is 0 Å². The van der Waals surface area contributed by atoms with Gasteiger partial charge in [0.15, 0.2) is 11.8 Å². The fourth-order valence-electron chi connectivity index (χ4n) is 3.22. The van der Waals surface area contributed by atoms with Gasteiger partial charge in [0.05, 0.1) is 6.10 Å². The molecule has 1 aromatic carbocycles. The second-order valence-electron chi connectivity index (χ2n) is 8.01. The lowest BCUT2D eigenvalue weighted by Crippen LogP contribution is -2.45. The van der Waals surface area contributed by atoms with Gasteiger partial charge in [-0.15, -0.1) is 34.2 Å². The highest BCUT2D eigenvalue weighted by molar-refractivity contribution is 14.0. The number of halogens is 1. The van der Waals surface area contributed by atoms with Gasteiger partial charge in [0.25, 0.3) is 0 Å². The Morgan fingerprint density at radius 1 is 1.24 bits per heavy atom. The van der Waals surface area contributed by atoms with Gasteiger partial charge in [-0.3, -0.25) is 0 Å². The number of nitrogens with zero attached hydrogens (tertiary/aromatic N) is 4. The van der Waals surface area contributed by atoms with Crippen LogP contribution in [0, 0.1) is 6.92 Å². The van der Waals surface area contributed by atoms with E-state index in [1.165, 1.54) is 5.56 Å². The first-order chi connectivity index (χ1) is 13.5. The molecule has 8 heteroatoms. The number of guanidine groups is 1. The predicted molar refractivity (Wildman–Crippen MR) is 127 cm³/mol. The van der Waals surface area contributed by atoms with E-state index in [-0.39, 0.29) is 35.5 Å². The third-order valence-electron chi connectivity index (χ3n) is 5.34. The number of benzene rings is 1. The Kier molecular flexibility index (Phi) is 8.88. The topological polar surface area (TPSA) is 76.4 Å². The monoisotopic (exact) mass is 512 g/mol. The molecule has 2 N–H and O–H groups in total. The quantitative estimate of drug-likeness (QED) is 0.339. The molecule has 29 heavy (non-hydrogen) atoms. The van der Waals surface area contributed by atoms with Crippen LogP contribution in [0.2, 0.25) is 0 Å². The number of hydrogen-bond acceptors (Lipinski definition) is 4. The highest BCUT2D eigenvalue weighted by Crippen LogP contribution is 2.21. The Morgan fingerprint density at radius 2 is 2.00 bits per heavy atom. The van der Waals surface area contributed by atoms with Gasteiger partial charge in [-0.05, 0) is 25.3 Å². The van der Waals surface area contributed by atoms with E-state index in [2.05, 4.69) is 58.9 Å². The van der Waals surface area contributed by atoms with Crippen molar-refractivity contribution < 1.29 is 4.74 Å². The lowest BCUT2D eigenvalue weighted by Gasteiger charge is -2.27. The number of aromatic nitrogens is 3. The Bertz CT molecular complexity index is 784. The molecule has 2 heterocycles. The summed E-state index contributed by atoms with van der Waals surface area (Å²) in [6.07, 6.45) is 2.48. The summed E-state index contributed by atoms with van der Waals surface area (Å²) in [5.41, 5.74) is 1.28. The van der Waals surface area contributed by atoms with Crippen molar-refractivity contribution in [1.82, 2.24) is 25.4 Å². The molecular weight excluding hydrogens is 479 g/mol. The van der Waals surface area contributed by atoms with Crippen molar-refractivity contribution in [3.05, 3.63) is 47.5 Å². The summed E-state index contributed by atoms with van der Waals surface area (Å²) in [5, 5.41) is 15.3. The van der Waals surface area contributed by atoms with Crippen LogP contribution in [0.4, 0.5) is 0 Å². The van der Waals surface area contributed by atoms with Crippen molar-refractivity contribution >= 4 is 29.9 Å². The number of aryl methyl sites for hydroxylation is 1. The molecule has 3 rings (SSSR count). The van der Waals surface area contributed by atoms with E-state index in [1.807, 2.05) is 24.6 Å². The second-order valence-corrected chi connectivity index (χ2v) is 8.01. The van der Waals surface area contributed by atoms with Crippen molar-refractivity contribution in [3.8, 4) is 0 Å². The maximum absolute atomic E-state index is 5.73. The molecule has 1 atom stereocenters. The van der Waals surface area contributed by atoms with Crippen molar-refractivity contribution in [1.29, 1.82) is 0 Å². The normalized spacial score (nSPS) is 17.1. The van der Waals surface area contributed by atoms with Gasteiger partial charge in [0.1, 0.15) is 12.4 Å². The fraction of sp³-hybridized carbons (Fsp3) is 0.571. The minimum Gasteiger partial charge on any atom is -0.376 e. The molecule has 160 valence electrons. The van der Waals surface area contributed by atoms with Crippen LogP contribution in [-0.2, 0) is 23.7 Å². The zero-order chi connectivity index (χ0) is 20.0. The van der Waals surface area contributed by atoms with E-state index in [4.69, 9.17) is 9.73 Å². The molecule has 2 aromatic rings. The SMILES string of the molecule is Cc1nnc(CN=C(NCC2CCCO2)NCC(C)(C)c2ccccc2)n1C.I. The van der Waals surface area contributed by atoms with Gasteiger partial charge in [-0.25, -0.2) is 4.99 Å². The van der Waals surface area contributed by atoms with Crippen molar-refractivity contribution in [3.63, 3.8) is 0 Å². The van der Waals surface area contributed by atoms with E-state index in [1.54, 1.807) is 0 Å². The van der Waals surface area contributed by atoms with Crippen LogP contribution in [0.5, 0.6) is 0 Å². The van der Waals surface area contributed by atoms with E-state index >= 15 is 0 Å². The summed E-state index contributed by atoms with van der Waals surface area (Å²) in [6, 6.07) is 10.5. The molecule has 1 aliphatic rings. The minimum absolute atomic E-state index is 0. The summed E-state index contributed by atoms with van der Waals surface area (Å²) in [5.74, 6) is 2.51. The Morgan fingerprint density at radius 3 is 2.62 bits per heavy atom. The molecule has 0 radical (unpaired) electrons. The van der Waals surface area contributed by atoms with Crippen LogP contribution >= 0.6 is 24.0 Å². The van der Waals surface area contributed by atoms with Crippen LogP contribution in [0.3, 0.4) is 0 Å². The number of rotatable bonds is 7. The van der Waals surface area contributed by atoms with E-state index in [9.17, 15) is 0 Å². The zero-order valence-corrected chi connectivity index (χ0v) is 20.1. The fourth-order valence-corrected chi connectivity index (χ4v) is 3.22. The molecule has 0 bridgehead atoms. The molecule has 1 aromatic heterocycles. The van der Waals surface area contributed by atoms with Gasteiger partial charge in [0, 0.05) is 32.2 Å². The lowest BCUT2D eigenvalue weighted by atomic mass is 9.85. The largest absolute Gasteiger partial charge is 0.376 e. The molecule has 0 amide bonds. The third-order valence-corrected chi connectivity index (χ3v) is 5.34. The number of hydrogen-bond donors (Lipinski definition) is 2. The molecule has 1 fully saturated rings. The highest BCUT2D eigenvalue weighted by Gasteiger charge is 2.21. The van der Waals surface area contributed by atoms with Gasteiger partial charge < -0.3 is 19.9 Å². The highest BCUT2D eigenvalue weighted by atomic mass is 127. The van der Waals surface area contributed by atoms with Crippen molar-refractivity contribution in [2.75, 3.05) is 19.7 Å². The zero-order valence-electron chi connectivity index (χ0n) is 17.8. The summed E-state index contributed by atoms with van der Waals surface area (Å²) < 4.78 is 7.70. The van der Waals surface area contributed by atoms with Crippen LogP contribution in [0.15, 0.2) is 35.3 Å². The summed E-state index contributed by atoms with van der Waals surface area (Å²) in [6.45, 7) is 9.27.